The highest BCUT2D eigenvalue weighted by atomic mass is 16.2. The molecule has 66 valence electrons. The molecule has 0 aromatic carbocycles. The maximum absolute atomic E-state index is 8.64. The van der Waals surface area contributed by atoms with Crippen molar-refractivity contribution in [2.45, 2.75) is 33.6 Å². The molecule has 1 atom stereocenters. The molecule has 0 saturated carbocycles. The molecule has 0 aliphatic carbocycles. The minimum Gasteiger partial charge on any atom is -0.396 e. The first-order valence-electron chi connectivity index (χ1n) is 4.25. The van der Waals surface area contributed by atoms with Gasteiger partial charge >= 0.3 is 0 Å². The molecule has 0 aliphatic heterocycles. The number of aliphatic hydroxyl groups is 1. The van der Waals surface area contributed by atoms with E-state index < -0.39 is 0 Å². The van der Waals surface area contributed by atoms with Gasteiger partial charge < -0.3 is 5.11 Å². The average Bonchev–Trinajstić information content (AvgIpc) is 1.87. The van der Waals surface area contributed by atoms with Crippen molar-refractivity contribution in [3.8, 4) is 0 Å². The van der Waals surface area contributed by atoms with E-state index in [0.717, 1.165) is 12.8 Å². The fraction of sp³-hybridized carbons (Fsp3) is 0.800. The molecule has 0 saturated heterocycles. The van der Waals surface area contributed by atoms with E-state index >= 15 is 0 Å². The standard InChI is InChI=1S/C10H20O/c1-5-9(7-6-8-11)10(2,3)4/h5,9,11H,1,6-8H2,2-4H3. The SMILES string of the molecule is C=CC(CCCO)C(C)(C)C. The lowest BCUT2D eigenvalue weighted by molar-refractivity contribution is 0.233. The summed E-state index contributed by atoms with van der Waals surface area (Å²) in [6.45, 7) is 10.7. The van der Waals surface area contributed by atoms with Crippen LogP contribution < -0.4 is 0 Å². The minimum atomic E-state index is 0.289. The first kappa shape index (κ1) is 10.7. The van der Waals surface area contributed by atoms with Crippen LogP contribution >= 0.6 is 0 Å². The molecule has 0 radical (unpaired) electrons. The Hall–Kier alpha value is -0.300. The molecule has 11 heavy (non-hydrogen) atoms. The highest BCUT2D eigenvalue weighted by Gasteiger charge is 2.20. The summed E-state index contributed by atoms with van der Waals surface area (Å²) in [5.41, 5.74) is 0.289. The van der Waals surface area contributed by atoms with Crippen molar-refractivity contribution in [1.82, 2.24) is 0 Å². The van der Waals surface area contributed by atoms with Crippen LogP contribution in [0.2, 0.25) is 0 Å². The fourth-order valence-corrected chi connectivity index (χ4v) is 1.22. The molecule has 0 rings (SSSR count). The third-order valence-electron chi connectivity index (χ3n) is 2.07. The molecule has 0 aliphatic rings. The quantitative estimate of drug-likeness (QED) is 0.620. The molecular weight excluding hydrogens is 136 g/mol. The van der Waals surface area contributed by atoms with Crippen molar-refractivity contribution in [1.29, 1.82) is 0 Å². The fourth-order valence-electron chi connectivity index (χ4n) is 1.22. The van der Waals surface area contributed by atoms with E-state index in [1.54, 1.807) is 0 Å². The molecule has 1 heteroatoms. The van der Waals surface area contributed by atoms with Crippen molar-refractivity contribution >= 4 is 0 Å². The number of hydrogen-bond donors (Lipinski definition) is 1. The van der Waals surface area contributed by atoms with Gasteiger partial charge in [-0.05, 0) is 24.2 Å². The van der Waals surface area contributed by atoms with Crippen molar-refractivity contribution in [3.63, 3.8) is 0 Å². The summed E-state index contributed by atoms with van der Waals surface area (Å²) in [5, 5.41) is 8.64. The zero-order valence-corrected chi connectivity index (χ0v) is 7.93. The minimum absolute atomic E-state index is 0.289. The summed E-state index contributed by atoms with van der Waals surface area (Å²) in [4.78, 5) is 0. The van der Waals surface area contributed by atoms with Gasteiger partial charge in [-0.2, -0.15) is 0 Å². The number of aliphatic hydroxyl groups excluding tert-OH is 1. The van der Waals surface area contributed by atoms with Crippen LogP contribution in [0.3, 0.4) is 0 Å². The lowest BCUT2D eigenvalue weighted by Crippen LogP contribution is -2.18. The van der Waals surface area contributed by atoms with Gasteiger partial charge in [-0.1, -0.05) is 26.8 Å². The van der Waals surface area contributed by atoms with Crippen LogP contribution in [0.1, 0.15) is 33.6 Å². The Balaban J connectivity index is 3.86. The van der Waals surface area contributed by atoms with Crippen LogP contribution in [0.5, 0.6) is 0 Å². The summed E-state index contributed by atoms with van der Waals surface area (Å²) in [7, 11) is 0. The lowest BCUT2D eigenvalue weighted by Gasteiger charge is -2.27. The highest BCUT2D eigenvalue weighted by molar-refractivity contribution is 4.87. The monoisotopic (exact) mass is 156 g/mol. The van der Waals surface area contributed by atoms with Crippen LogP contribution in [-0.2, 0) is 0 Å². The van der Waals surface area contributed by atoms with Crippen LogP contribution in [0, 0.1) is 11.3 Å². The number of allylic oxidation sites excluding steroid dienone is 1. The number of rotatable bonds is 4. The maximum atomic E-state index is 8.64. The van der Waals surface area contributed by atoms with Gasteiger partial charge in [0.1, 0.15) is 0 Å². The van der Waals surface area contributed by atoms with Gasteiger partial charge in [0.15, 0.2) is 0 Å². The largest absolute Gasteiger partial charge is 0.396 e. The third-order valence-corrected chi connectivity index (χ3v) is 2.07. The van der Waals surface area contributed by atoms with Gasteiger partial charge in [0.25, 0.3) is 0 Å². The number of hydrogen-bond acceptors (Lipinski definition) is 1. The van der Waals surface area contributed by atoms with Crippen molar-refractivity contribution < 1.29 is 5.11 Å². The van der Waals surface area contributed by atoms with E-state index in [-0.39, 0.29) is 5.41 Å². The first-order valence-corrected chi connectivity index (χ1v) is 4.25. The molecule has 0 amide bonds. The van der Waals surface area contributed by atoms with E-state index in [9.17, 15) is 0 Å². The summed E-state index contributed by atoms with van der Waals surface area (Å²) >= 11 is 0. The summed E-state index contributed by atoms with van der Waals surface area (Å²) in [5.74, 6) is 0.523. The summed E-state index contributed by atoms with van der Waals surface area (Å²) in [6, 6.07) is 0. The highest BCUT2D eigenvalue weighted by Crippen LogP contribution is 2.30. The Morgan fingerprint density at radius 2 is 2.00 bits per heavy atom. The van der Waals surface area contributed by atoms with Gasteiger partial charge in [0.2, 0.25) is 0 Å². The molecule has 0 aromatic rings. The molecule has 0 aromatic heterocycles. The van der Waals surface area contributed by atoms with Gasteiger partial charge in [-0.3, -0.25) is 0 Å². The van der Waals surface area contributed by atoms with Crippen molar-refractivity contribution in [3.05, 3.63) is 12.7 Å². The van der Waals surface area contributed by atoms with E-state index in [4.69, 9.17) is 5.11 Å². The van der Waals surface area contributed by atoms with E-state index in [1.807, 2.05) is 6.08 Å². The van der Waals surface area contributed by atoms with Gasteiger partial charge in [0, 0.05) is 6.61 Å². The third kappa shape index (κ3) is 4.20. The second-order valence-corrected chi connectivity index (χ2v) is 4.07. The molecule has 0 heterocycles. The smallest absolute Gasteiger partial charge is 0.0431 e. The van der Waals surface area contributed by atoms with Gasteiger partial charge in [-0.25, -0.2) is 0 Å². The van der Waals surface area contributed by atoms with E-state index in [2.05, 4.69) is 27.4 Å². The van der Waals surface area contributed by atoms with Crippen LogP contribution in [0.4, 0.5) is 0 Å². The molecule has 0 bridgehead atoms. The zero-order chi connectivity index (χ0) is 8.91. The van der Waals surface area contributed by atoms with E-state index in [1.165, 1.54) is 0 Å². The lowest BCUT2D eigenvalue weighted by atomic mass is 9.78. The van der Waals surface area contributed by atoms with Crippen molar-refractivity contribution in [2.24, 2.45) is 11.3 Å². The van der Waals surface area contributed by atoms with Gasteiger partial charge in [-0.15, -0.1) is 6.58 Å². The van der Waals surface area contributed by atoms with Crippen LogP contribution in [-0.4, -0.2) is 11.7 Å². The topological polar surface area (TPSA) is 20.2 Å². The molecule has 0 fully saturated rings. The second kappa shape index (κ2) is 4.55. The van der Waals surface area contributed by atoms with Gasteiger partial charge in [0.05, 0.1) is 0 Å². The normalized spacial score (nSPS) is 14.5. The predicted molar refractivity (Wildman–Crippen MR) is 49.5 cm³/mol. The van der Waals surface area contributed by atoms with Crippen molar-refractivity contribution in [2.75, 3.05) is 6.61 Å². The van der Waals surface area contributed by atoms with Crippen LogP contribution in [0.25, 0.3) is 0 Å². The molecule has 1 N–H and O–H groups in total. The Bertz CT molecular complexity index is 111. The molecule has 1 nitrogen and oxygen atoms in total. The predicted octanol–water partition coefficient (Wildman–Crippen LogP) is 2.61. The Morgan fingerprint density at radius 1 is 1.45 bits per heavy atom. The maximum Gasteiger partial charge on any atom is 0.0431 e. The average molecular weight is 156 g/mol. The Labute approximate surface area is 70.1 Å². The summed E-state index contributed by atoms with van der Waals surface area (Å²) < 4.78 is 0. The Kier molecular flexibility index (Phi) is 4.43. The molecule has 0 spiro atoms. The first-order chi connectivity index (χ1) is 5.02. The molecular formula is C10H20O. The Morgan fingerprint density at radius 3 is 2.27 bits per heavy atom. The second-order valence-electron chi connectivity index (χ2n) is 4.07. The summed E-state index contributed by atoms with van der Waals surface area (Å²) in [6.07, 6.45) is 3.92. The van der Waals surface area contributed by atoms with E-state index in [0.29, 0.717) is 12.5 Å². The van der Waals surface area contributed by atoms with Crippen LogP contribution in [0.15, 0.2) is 12.7 Å². The molecule has 1 unspecified atom stereocenters. The zero-order valence-electron chi connectivity index (χ0n) is 7.93.